The average Bonchev–Trinajstić information content (AvgIpc) is 2.88. The second-order valence-corrected chi connectivity index (χ2v) is 6.01. The Balaban J connectivity index is 0.00000361. The number of halogens is 1. The Kier molecular flexibility index (Phi) is 10.3. The largest absolute Gasteiger partial charge is 0.464 e. The van der Waals surface area contributed by atoms with E-state index in [9.17, 15) is 4.79 Å². The summed E-state index contributed by atoms with van der Waals surface area (Å²) in [5.41, 5.74) is 0. The molecule has 1 unspecified atom stereocenters. The van der Waals surface area contributed by atoms with E-state index < -0.39 is 0 Å². The molecule has 0 saturated heterocycles. The third-order valence-electron chi connectivity index (χ3n) is 4.44. The van der Waals surface area contributed by atoms with Gasteiger partial charge in [-0.1, -0.05) is 40.5 Å². The molecule has 1 aliphatic carbocycles. The van der Waals surface area contributed by atoms with Gasteiger partial charge in [0.15, 0.2) is 0 Å². The summed E-state index contributed by atoms with van der Waals surface area (Å²) in [5, 5.41) is 0. The van der Waals surface area contributed by atoms with Crippen molar-refractivity contribution in [2.75, 3.05) is 26.2 Å². The molecule has 1 aliphatic rings. The van der Waals surface area contributed by atoms with Gasteiger partial charge >= 0.3 is 5.97 Å². The van der Waals surface area contributed by atoms with Gasteiger partial charge in [-0.3, -0.25) is 4.79 Å². The highest BCUT2D eigenvalue weighted by Gasteiger charge is 2.33. The first-order chi connectivity index (χ1) is 9.10. The second kappa shape index (κ2) is 10.4. The van der Waals surface area contributed by atoms with E-state index in [2.05, 4.69) is 32.6 Å². The van der Waals surface area contributed by atoms with Crippen LogP contribution in [0.5, 0.6) is 0 Å². The number of carbonyl (C=O) groups excluding carboxylic acids is 1. The lowest BCUT2D eigenvalue weighted by Gasteiger charge is -2.26. The molecular formula is C16H32ClNO2. The van der Waals surface area contributed by atoms with Gasteiger partial charge in [0.05, 0.1) is 5.92 Å². The van der Waals surface area contributed by atoms with Crippen molar-refractivity contribution < 1.29 is 9.53 Å². The Morgan fingerprint density at radius 3 is 2.20 bits per heavy atom. The highest BCUT2D eigenvalue weighted by molar-refractivity contribution is 5.85. The summed E-state index contributed by atoms with van der Waals surface area (Å²) in [4.78, 5) is 14.6. The van der Waals surface area contributed by atoms with Gasteiger partial charge in [0.25, 0.3) is 0 Å². The number of rotatable bonds is 8. The number of ether oxygens (including phenoxy) is 1. The van der Waals surface area contributed by atoms with Gasteiger partial charge in [-0.25, -0.2) is 0 Å². The van der Waals surface area contributed by atoms with Gasteiger partial charge in [0.2, 0.25) is 0 Å². The van der Waals surface area contributed by atoms with Crippen molar-refractivity contribution in [3.63, 3.8) is 0 Å². The molecule has 120 valence electrons. The van der Waals surface area contributed by atoms with Gasteiger partial charge in [-0.05, 0) is 37.8 Å². The second-order valence-electron chi connectivity index (χ2n) is 6.01. The van der Waals surface area contributed by atoms with Crippen LogP contribution in [-0.2, 0) is 9.53 Å². The maximum atomic E-state index is 12.3. The standard InChI is InChI=1S/C16H31NO2.ClH/c1-5-17(6-2)11-12-19-16(18)15(13(3)4)14-9-7-8-10-14;/h13-15H,5-12H2,1-4H3;1H. The summed E-state index contributed by atoms with van der Waals surface area (Å²) in [6, 6.07) is 0. The van der Waals surface area contributed by atoms with Crippen LogP contribution >= 0.6 is 12.4 Å². The minimum atomic E-state index is 0. The summed E-state index contributed by atoms with van der Waals surface area (Å²) in [6.45, 7) is 12.0. The lowest BCUT2D eigenvalue weighted by Crippen LogP contribution is -2.32. The number of nitrogens with zero attached hydrogens (tertiary/aromatic N) is 1. The highest BCUT2D eigenvalue weighted by atomic mass is 35.5. The maximum absolute atomic E-state index is 12.3. The minimum absolute atomic E-state index is 0. The topological polar surface area (TPSA) is 29.5 Å². The van der Waals surface area contributed by atoms with Crippen LogP contribution in [0.2, 0.25) is 0 Å². The van der Waals surface area contributed by atoms with E-state index in [1.54, 1.807) is 0 Å². The van der Waals surface area contributed by atoms with Crippen molar-refractivity contribution in [3.8, 4) is 0 Å². The molecule has 20 heavy (non-hydrogen) atoms. The van der Waals surface area contributed by atoms with Crippen LogP contribution in [-0.4, -0.2) is 37.1 Å². The fraction of sp³-hybridized carbons (Fsp3) is 0.938. The first-order valence-corrected chi connectivity index (χ1v) is 7.99. The number of carbonyl (C=O) groups is 1. The van der Waals surface area contributed by atoms with Crippen LogP contribution in [0.1, 0.15) is 53.4 Å². The summed E-state index contributed by atoms with van der Waals surface area (Å²) >= 11 is 0. The monoisotopic (exact) mass is 305 g/mol. The summed E-state index contributed by atoms with van der Waals surface area (Å²) < 4.78 is 5.53. The van der Waals surface area contributed by atoms with Crippen molar-refractivity contribution in [2.45, 2.75) is 53.4 Å². The zero-order valence-corrected chi connectivity index (χ0v) is 14.4. The van der Waals surface area contributed by atoms with Gasteiger partial charge in [-0.2, -0.15) is 0 Å². The van der Waals surface area contributed by atoms with Crippen molar-refractivity contribution >= 4 is 18.4 Å². The van der Waals surface area contributed by atoms with E-state index in [1.807, 2.05) is 0 Å². The van der Waals surface area contributed by atoms with Crippen molar-refractivity contribution in [3.05, 3.63) is 0 Å². The molecule has 4 heteroatoms. The van der Waals surface area contributed by atoms with Crippen LogP contribution in [0.4, 0.5) is 0 Å². The Morgan fingerprint density at radius 2 is 1.75 bits per heavy atom. The van der Waals surface area contributed by atoms with E-state index >= 15 is 0 Å². The lowest BCUT2D eigenvalue weighted by atomic mass is 9.82. The molecule has 0 aromatic rings. The predicted molar refractivity (Wildman–Crippen MR) is 86.3 cm³/mol. The summed E-state index contributed by atoms with van der Waals surface area (Å²) in [5.74, 6) is 1.10. The van der Waals surface area contributed by atoms with E-state index in [1.165, 1.54) is 25.7 Å². The first kappa shape index (κ1) is 19.7. The zero-order valence-electron chi connectivity index (χ0n) is 13.6. The van der Waals surface area contributed by atoms with Crippen LogP contribution in [0.15, 0.2) is 0 Å². The smallest absolute Gasteiger partial charge is 0.309 e. The van der Waals surface area contributed by atoms with Crippen LogP contribution in [0.3, 0.4) is 0 Å². The summed E-state index contributed by atoms with van der Waals surface area (Å²) in [6.07, 6.45) is 4.96. The third kappa shape index (κ3) is 6.01. The molecule has 0 heterocycles. The average molecular weight is 306 g/mol. The molecular weight excluding hydrogens is 274 g/mol. The first-order valence-electron chi connectivity index (χ1n) is 7.99. The molecule has 0 aliphatic heterocycles. The quantitative estimate of drug-likeness (QED) is 0.640. The SMILES string of the molecule is CCN(CC)CCOC(=O)C(C(C)C)C1CCCC1.Cl. The number of esters is 1. The summed E-state index contributed by atoms with van der Waals surface area (Å²) in [7, 11) is 0. The van der Waals surface area contributed by atoms with Crippen molar-refractivity contribution in [1.82, 2.24) is 4.90 Å². The molecule has 0 bridgehead atoms. The van der Waals surface area contributed by atoms with Gasteiger partial charge in [-0.15, -0.1) is 12.4 Å². The minimum Gasteiger partial charge on any atom is -0.464 e. The van der Waals surface area contributed by atoms with Gasteiger partial charge < -0.3 is 9.64 Å². The van der Waals surface area contributed by atoms with Gasteiger partial charge in [0, 0.05) is 6.54 Å². The van der Waals surface area contributed by atoms with Crippen molar-refractivity contribution in [2.24, 2.45) is 17.8 Å². The Morgan fingerprint density at radius 1 is 1.20 bits per heavy atom. The molecule has 3 nitrogen and oxygen atoms in total. The molecule has 1 fully saturated rings. The third-order valence-corrected chi connectivity index (χ3v) is 4.44. The highest BCUT2D eigenvalue weighted by Crippen LogP contribution is 2.35. The van der Waals surface area contributed by atoms with E-state index in [0.29, 0.717) is 18.4 Å². The fourth-order valence-corrected chi connectivity index (χ4v) is 3.24. The van der Waals surface area contributed by atoms with E-state index in [4.69, 9.17) is 4.74 Å². The van der Waals surface area contributed by atoms with E-state index in [-0.39, 0.29) is 24.3 Å². The Labute approximate surface area is 130 Å². The van der Waals surface area contributed by atoms with Crippen LogP contribution in [0, 0.1) is 17.8 Å². The fourth-order valence-electron chi connectivity index (χ4n) is 3.24. The normalized spacial score (nSPS) is 17.3. The molecule has 0 radical (unpaired) electrons. The molecule has 0 amide bonds. The van der Waals surface area contributed by atoms with Crippen LogP contribution < -0.4 is 0 Å². The predicted octanol–water partition coefficient (Wildman–Crippen LogP) is 3.76. The molecule has 1 atom stereocenters. The van der Waals surface area contributed by atoms with Crippen LogP contribution in [0.25, 0.3) is 0 Å². The van der Waals surface area contributed by atoms with Gasteiger partial charge in [0.1, 0.15) is 6.61 Å². The molecule has 1 rings (SSSR count). The lowest BCUT2D eigenvalue weighted by molar-refractivity contribution is -0.152. The van der Waals surface area contributed by atoms with E-state index in [0.717, 1.165) is 19.6 Å². The zero-order chi connectivity index (χ0) is 14.3. The molecule has 0 N–H and O–H groups in total. The molecule has 1 saturated carbocycles. The maximum Gasteiger partial charge on any atom is 0.309 e. The number of likely N-dealkylation sites (N-methyl/N-ethyl adjacent to an activating group) is 1. The molecule has 0 spiro atoms. The molecule has 0 aromatic heterocycles. The number of hydrogen-bond donors (Lipinski definition) is 0. The Bertz CT molecular complexity index is 261. The molecule has 0 aromatic carbocycles. The Hall–Kier alpha value is -0.280. The number of hydrogen-bond acceptors (Lipinski definition) is 3. The van der Waals surface area contributed by atoms with Crippen molar-refractivity contribution in [1.29, 1.82) is 0 Å².